The highest BCUT2D eigenvalue weighted by Crippen LogP contribution is 2.23. The van der Waals surface area contributed by atoms with Crippen molar-refractivity contribution in [2.75, 3.05) is 6.61 Å². The van der Waals surface area contributed by atoms with Gasteiger partial charge in [0.2, 0.25) is 0 Å². The Kier molecular flexibility index (Phi) is 5.18. The van der Waals surface area contributed by atoms with E-state index in [1.807, 2.05) is 19.9 Å². The summed E-state index contributed by atoms with van der Waals surface area (Å²) in [6.07, 6.45) is 1.92. The zero-order chi connectivity index (χ0) is 11.4. The van der Waals surface area contributed by atoms with Crippen LogP contribution in [0, 0.1) is 0 Å². The van der Waals surface area contributed by atoms with Crippen molar-refractivity contribution in [3.05, 3.63) is 26.9 Å². The Labute approximate surface area is 107 Å². The number of halogens is 2. The predicted molar refractivity (Wildman–Crippen MR) is 67.7 cm³/mol. The van der Waals surface area contributed by atoms with E-state index in [2.05, 4.69) is 36.8 Å². The van der Waals surface area contributed by atoms with Crippen LogP contribution in [0.1, 0.15) is 25.6 Å². The standard InChI is InChI=1S/C10H14Br2N2O/c1-6(2)15-5-9(13)10-8(12)3-7(11)4-14-10/h3-4,6,9H,5,13H2,1-2H3. The number of hydrogen-bond acceptors (Lipinski definition) is 3. The molecule has 1 rings (SSSR count). The molecule has 0 saturated heterocycles. The highest BCUT2D eigenvalue weighted by molar-refractivity contribution is 9.11. The number of hydrogen-bond donors (Lipinski definition) is 1. The molecule has 0 spiro atoms. The van der Waals surface area contributed by atoms with Crippen molar-refractivity contribution < 1.29 is 4.74 Å². The van der Waals surface area contributed by atoms with Gasteiger partial charge in [-0.2, -0.15) is 0 Å². The van der Waals surface area contributed by atoms with Crippen LogP contribution in [0.15, 0.2) is 21.2 Å². The molecule has 1 heterocycles. The first-order valence-electron chi connectivity index (χ1n) is 4.69. The van der Waals surface area contributed by atoms with E-state index in [0.717, 1.165) is 14.6 Å². The summed E-state index contributed by atoms with van der Waals surface area (Å²) in [5.41, 5.74) is 6.78. The fraction of sp³-hybridized carbons (Fsp3) is 0.500. The molecule has 1 aromatic rings. The van der Waals surface area contributed by atoms with Gasteiger partial charge in [-0.25, -0.2) is 0 Å². The van der Waals surface area contributed by atoms with Gasteiger partial charge in [-0.1, -0.05) is 0 Å². The third-order valence-corrected chi connectivity index (χ3v) is 2.87. The average Bonchev–Trinajstić information content (AvgIpc) is 2.14. The number of nitrogens with two attached hydrogens (primary N) is 1. The summed E-state index contributed by atoms with van der Waals surface area (Å²) in [5, 5.41) is 0. The van der Waals surface area contributed by atoms with Crippen LogP contribution in [0.2, 0.25) is 0 Å². The summed E-state index contributed by atoms with van der Waals surface area (Å²) < 4.78 is 7.27. The maximum atomic E-state index is 5.96. The summed E-state index contributed by atoms with van der Waals surface area (Å²) in [5.74, 6) is 0. The smallest absolute Gasteiger partial charge is 0.0737 e. The third-order valence-electron chi connectivity index (χ3n) is 1.80. The second-order valence-corrected chi connectivity index (χ2v) is 5.28. The van der Waals surface area contributed by atoms with Gasteiger partial charge in [-0.3, -0.25) is 4.98 Å². The second kappa shape index (κ2) is 5.94. The topological polar surface area (TPSA) is 48.1 Å². The maximum absolute atomic E-state index is 5.96. The third kappa shape index (κ3) is 4.18. The first-order valence-corrected chi connectivity index (χ1v) is 6.27. The van der Waals surface area contributed by atoms with Crippen LogP contribution in [-0.2, 0) is 4.74 Å². The van der Waals surface area contributed by atoms with Crippen molar-refractivity contribution >= 4 is 31.9 Å². The van der Waals surface area contributed by atoms with Crippen molar-refractivity contribution in [1.29, 1.82) is 0 Å². The largest absolute Gasteiger partial charge is 0.377 e. The fourth-order valence-electron chi connectivity index (χ4n) is 1.07. The molecule has 1 aromatic heterocycles. The second-order valence-electron chi connectivity index (χ2n) is 3.51. The van der Waals surface area contributed by atoms with Crippen molar-refractivity contribution in [2.45, 2.75) is 26.0 Å². The van der Waals surface area contributed by atoms with Crippen LogP contribution < -0.4 is 5.73 Å². The zero-order valence-corrected chi connectivity index (χ0v) is 11.9. The number of rotatable bonds is 4. The van der Waals surface area contributed by atoms with Gasteiger partial charge in [0, 0.05) is 15.1 Å². The average molecular weight is 338 g/mol. The Balaban J connectivity index is 2.69. The summed E-state index contributed by atoms with van der Waals surface area (Å²) in [7, 11) is 0. The minimum absolute atomic E-state index is 0.185. The molecule has 2 N–H and O–H groups in total. The zero-order valence-electron chi connectivity index (χ0n) is 8.71. The summed E-state index contributed by atoms with van der Waals surface area (Å²) in [4.78, 5) is 4.26. The molecular formula is C10H14Br2N2O. The van der Waals surface area contributed by atoms with E-state index in [1.165, 1.54) is 0 Å². The maximum Gasteiger partial charge on any atom is 0.0737 e. The van der Waals surface area contributed by atoms with E-state index >= 15 is 0 Å². The molecule has 0 aromatic carbocycles. The molecule has 1 unspecified atom stereocenters. The van der Waals surface area contributed by atoms with E-state index in [1.54, 1.807) is 6.20 Å². The van der Waals surface area contributed by atoms with E-state index in [-0.39, 0.29) is 12.1 Å². The summed E-state index contributed by atoms with van der Waals surface area (Å²) >= 11 is 6.77. The molecule has 0 amide bonds. The van der Waals surface area contributed by atoms with E-state index in [0.29, 0.717) is 6.61 Å². The first-order chi connectivity index (χ1) is 7.00. The molecule has 0 fully saturated rings. The normalized spacial score (nSPS) is 13.2. The number of ether oxygens (including phenoxy) is 1. The molecule has 0 saturated carbocycles. The number of pyridine rings is 1. The highest BCUT2D eigenvalue weighted by atomic mass is 79.9. The van der Waals surface area contributed by atoms with Crippen LogP contribution in [0.25, 0.3) is 0 Å². The molecule has 5 heteroatoms. The van der Waals surface area contributed by atoms with Crippen molar-refractivity contribution in [3.8, 4) is 0 Å². The monoisotopic (exact) mass is 336 g/mol. The lowest BCUT2D eigenvalue weighted by Crippen LogP contribution is -2.21. The molecule has 0 radical (unpaired) electrons. The SMILES string of the molecule is CC(C)OCC(N)c1ncc(Br)cc1Br. The van der Waals surface area contributed by atoms with Crippen LogP contribution >= 0.6 is 31.9 Å². The van der Waals surface area contributed by atoms with Crippen LogP contribution in [0.3, 0.4) is 0 Å². The minimum atomic E-state index is -0.199. The van der Waals surface area contributed by atoms with Gasteiger partial charge in [0.1, 0.15) is 0 Å². The molecule has 84 valence electrons. The van der Waals surface area contributed by atoms with Crippen LogP contribution in [0.5, 0.6) is 0 Å². The highest BCUT2D eigenvalue weighted by Gasteiger charge is 2.12. The van der Waals surface area contributed by atoms with Gasteiger partial charge in [0.15, 0.2) is 0 Å². The van der Waals surface area contributed by atoms with Gasteiger partial charge in [0.25, 0.3) is 0 Å². The van der Waals surface area contributed by atoms with Crippen molar-refractivity contribution in [1.82, 2.24) is 4.98 Å². The van der Waals surface area contributed by atoms with E-state index in [9.17, 15) is 0 Å². The molecule has 0 aliphatic rings. The van der Waals surface area contributed by atoms with E-state index < -0.39 is 0 Å². The quantitative estimate of drug-likeness (QED) is 0.918. The van der Waals surface area contributed by atoms with Gasteiger partial charge in [-0.05, 0) is 51.8 Å². The van der Waals surface area contributed by atoms with E-state index in [4.69, 9.17) is 10.5 Å². The van der Waals surface area contributed by atoms with Gasteiger partial charge >= 0.3 is 0 Å². The predicted octanol–water partition coefficient (Wildman–Crippen LogP) is 3.03. The Bertz CT molecular complexity index is 331. The molecule has 15 heavy (non-hydrogen) atoms. The molecule has 3 nitrogen and oxygen atoms in total. The molecule has 0 bridgehead atoms. The Hall–Kier alpha value is 0.0300. The molecule has 0 aliphatic carbocycles. The fourth-order valence-corrected chi connectivity index (χ4v) is 2.35. The Morgan fingerprint density at radius 3 is 2.67 bits per heavy atom. The first kappa shape index (κ1) is 13.1. The number of aromatic nitrogens is 1. The molecule has 1 atom stereocenters. The van der Waals surface area contributed by atoms with Crippen LogP contribution in [-0.4, -0.2) is 17.7 Å². The van der Waals surface area contributed by atoms with Crippen LogP contribution in [0.4, 0.5) is 0 Å². The summed E-state index contributed by atoms with van der Waals surface area (Å²) in [6.45, 7) is 4.44. The van der Waals surface area contributed by atoms with Gasteiger partial charge in [-0.15, -0.1) is 0 Å². The lowest BCUT2D eigenvalue weighted by molar-refractivity contribution is 0.0675. The lowest BCUT2D eigenvalue weighted by atomic mass is 10.2. The van der Waals surface area contributed by atoms with Gasteiger partial charge in [0.05, 0.1) is 24.4 Å². The lowest BCUT2D eigenvalue weighted by Gasteiger charge is -2.15. The Morgan fingerprint density at radius 2 is 2.13 bits per heavy atom. The number of nitrogens with zero attached hydrogens (tertiary/aromatic N) is 1. The van der Waals surface area contributed by atoms with Crippen molar-refractivity contribution in [2.24, 2.45) is 5.73 Å². The minimum Gasteiger partial charge on any atom is -0.377 e. The summed E-state index contributed by atoms with van der Waals surface area (Å²) in [6, 6.07) is 1.73. The Morgan fingerprint density at radius 1 is 1.47 bits per heavy atom. The van der Waals surface area contributed by atoms with Crippen molar-refractivity contribution in [3.63, 3.8) is 0 Å². The molecular weight excluding hydrogens is 324 g/mol. The van der Waals surface area contributed by atoms with Gasteiger partial charge < -0.3 is 10.5 Å². The molecule has 0 aliphatic heterocycles.